The van der Waals surface area contributed by atoms with Crippen molar-refractivity contribution < 1.29 is 32.3 Å². The molecule has 292 valence electrons. The van der Waals surface area contributed by atoms with Crippen LogP contribution < -0.4 is 19.7 Å². The minimum atomic E-state index is -3.91. The van der Waals surface area contributed by atoms with Crippen LogP contribution in [-0.2, 0) is 14.8 Å². The number of benzene rings is 4. The van der Waals surface area contributed by atoms with Crippen LogP contribution in [0.25, 0.3) is 10.9 Å². The van der Waals surface area contributed by atoms with Gasteiger partial charge in [0.05, 0.1) is 41.2 Å². The third-order valence-corrected chi connectivity index (χ3v) is 11.8. The number of likely N-dealkylation sites (N-methyl/N-ethyl adjacent to an activating group) is 1. The molecule has 0 aliphatic carbocycles. The fraction of sp³-hybridized carbons (Fsp3) is 0.302. The molecule has 4 aromatic carbocycles. The van der Waals surface area contributed by atoms with Crippen molar-refractivity contribution in [3.63, 3.8) is 0 Å². The Morgan fingerprint density at radius 3 is 2.32 bits per heavy atom. The van der Waals surface area contributed by atoms with Crippen LogP contribution in [0.3, 0.4) is 0 Å². The maximum Gasteiger partial charge on any atom is 0.268 e. The van der Waals surface area contributed by atoms with E-state index in [9.17, 15) is 22.8 Å². The van der Waals surface area contributed by atoms with Gasteiger partial charge in [0.1, 0.15) is 17.4 Å². The Hall–Kier alpha value is -5.88. The van der Waals surface area contributed by atoms with E-state index in [1.165, 1.54) is 22.2 Å². The Morgan fingerprint density at radius 2 is 1.61 bits per heavy atom. The first-order valence-corrected chi connectivity index (χ1v) is 20.0. The van der Waals surface area contributed by atoms with Crippen LogP contribution >= 0.6 is 0 Å². The van der Waals surface area contributed by atoms with Gasteiger partial charge < -0.3 is 29.5 Å². The number of aryl methyl sites for hydroxylation is 2. The van der Waals surface area contributed by atoms with Gasteiger partial charge in [-0.15, -0.1) is 0 Å². The number of anilines is 2. The molecule has 6 rings (SSSR count). The van der Waals surface area contributed by atoms with Crippen LogP contribution in [0.4, 0.5) is 11.4 Å². The second-order valence-electron chi connectivity index (χ2n) is 14.0. The SMILES string of the molecule is COc1cc(C(=O)N(C)c2ccc(C)cc2OCCCCC(=C=O)N2CCN(C)CC2)ccc1NC(=O)c1cccc2c1ccn2S(=O)(=O)c1ccc(C)cc1. The maximum atomic E-state index is 13.8. The van der Waals surface area contributed by atoms with Gasteiger partial charge in [-0.25, -0.2) is 17.2 Å². The van der Waals surface area contributed by atoms with Gasteiger partial charge in [0, 0.05) is 55.9 Å². The lowest BCUT2D eigenvalue weighted by Crippen LogP contribution is -2.44. The van der Waals surface area contributed by atoms with Gasteiger partial charge in [-0.1, -0.05) is 29.8 Å². The number of hydrogen-bond donors (Lipinski definition) is 1. The number of nitrogens with one attached hydrogen (secondary N) is 1. The summed E-state index contributed by atoms with van der Waals surface area (Å²) in [5.74, 6) is 2.18. The molecule has 1 aliphatic heterocycles. The van der Waals surface area contributed by atoms with Gasteiger partial charge in [0.25, 0.3) is 21.8 Å². The Kier molecular flexibility index (Phi) is 12.3. The highest BCUT2D eigenvalue weighted by Gasteiger charge is 2.23. The van der Waals surface area contributed by atoms with Crippen LogP contribution in [0, 0.1) is 13.8 Å². The van der Waals surface area contributed by atoms with Crippen LogP contribution in [0.2, 0.25) is 0 Å². The van der Waals surface area contributed by atoms with E-state index in [1.54, 1.807) is 73.8 Å². The summed E-state index contributed by atoms with van der Waals surface area (Å²) < 4.78 is 39.9. The number of fused-ring (bicyclic) bond motifs is 1. The van der Waals surface area contributed by atoms with Crippen molar-refractivity contribution in [2.24, 2.45) is 0 Å². The van der Waals surface area contributed by atoms with Crippen molar-refractivity contribution in [2.75, 3.05) is 64.2 Å². The lowest BCUT2D eigenvalue weighted by Gasteiger charge is -2.34. The Balaban J connectivity index is 1.12. The summed E-state index contributed by atoms with van der Waals surface area (Å²) in [5.41, 5.74) is 4.50. The molecule has 56 heavy (non-hydrogen) atoms. The molecule has 5 aromatic rings. The van der Waals surface area contributed by atoms with E-state index in [2.05, 4.69) is 28.1 Å². The first kappa shape index (κ1) is 39.8. The van der Waals surface area contributed by atoms with Crippen LogP contribution in [0.1, 0.15) is 51.1 Å². The highest BCUT2D eigenvalue weighted by Crippen LogP contribution is 2.33. The molecule has 0 spiro atoms. The second-order valence-corrected chi connectivity index (χ2v) is 15.8. The number of ether oxygens (including phenoxy) is 2. The molecule has 1 aliphatic rings. The molecule has 1 N–H and O–H groups in total. The van der Waals surface area contributed by atoms with E-state index in [0.29, 0.717) is 52.3 Å². The predicted molar refractivity (Wildman–Crippen MR) is 218 cm³/mol. The average molecular weight is 778 g/mol. The van der Waals surface area contributed by atoms with E-state index >= 15 is 0 Å². The molecule has 2 heterocycles. The summed E-state index contributed by atoms with van der Waals surface area (Å²) in [6.45, 7) is 7.74. The third-order valence-electron chi connectivity index (χ3n) is 10.1. The molecule has 1 fully saturated rings. The van der Waals surface area contributed by atoms with E-state index in [-0.39, 0.29) is 22.1 Å². The minimum absolute atomic E-state index is 0.141. The first-order chi connectivity index (χ1) is 26.9. The van der Waals surface area contributed by atoms with Crippen molar-refractivity contribution in [3.05, 3.63) is 119 Å². The highest BCUT2D eigenvalue weighted by molar-refractivity contribution is 7.90. The van der Waals surface area contributed by atoms with Gasteiger partial charge >= 0.3 is 0 Å². The fourth-order valence-electron chi connectivity index (χ4n) is 6.74. The number of allylic oxidation sites excluding steroid dienone is 1. The number of nitrogens with zero attached hydrogens (tertiary/aromatic N) is 4. The van der Waals surface area contributed by atoms with Crippen molar-refractivity contribution in [1.29, 1.82) is 0 Å². The first-order valence-electron chi connectivity index (χ1n) is 18.5. The summed E-state index contributed by atoms with van der Waals surface area (Å²) in [4.78, 5) is 45.2. The molecule has 12 nitrogen and oxygen atoms in total. The van der Waals surface area contributed by atoms with Crippen molar-refractivity contribution >= 4 is 50.1 Å². The molecular weight excluding hydrogens is 731 g/mol. The molecule has 13 heteroatoms. The fourth-order valence-corrected chi connectivity index (χ4v) is 8.08. The lowest BCUT2D eigenvalue weighted by atomic mass is 10.1. The van der Waals surface area contributed by atoms with Crippen molar-refractivity contribution in [1.82, 2.24) is 13.8 Å². The third kappa shape index (κ3) is 8.65. The number of hydrogen-bond acceptors (Lipinski definition) is 9. The van der Waals surface area contributed by atoms with Gasteiger partial charge in [-0.3, -0.25) is 9.59 Å². The number of piperazine rings is 1. The number of amides is 2. The van der Waals surface area contributed by atoms with Gasteiger partial charge in [0.2, 0.25) is 0 Å². The number of carbonyl (C=O) groups excluding carboxylic acids is 3. The summed E-state index contributed by atoms with van der Waals surface area (Å²) >= 11 is 0. The largest absolute Gasteiger partial charge is 0.495 e. The number of aromatic nitrogens is 1. The predicted octanol–water partition coefficient (Wildman–Crippen LogP) is 6.54. The number of methoxy groups -OCH3 is 1. The van der Waals surface area contributed by atoms with Crippen LogP contribution in [0.5, 0.6) is 11.5 Å². The molecule has 0 atom stereocenters. The second kappa shape index (κ2) is 17.3. The highest BCUT2D eigenvalue weighted by atomic mass is 32.2. The normalized spacial score (nSPS) is 13.3. The molecule has 0 unspecified atom stereocenters. The van der Waals surface area contributed by atoms with Crippen molar-refractivity contribution in [2.45, 2.75) is 38.0 Å². The molecule has 0 radical (unpaired) electrons. The molecule has 0 bridgehead atoms. The molecule has 1 saturated heterocycles. The maximum absolute atomic E-state index is 13.8. The topological polar surface area (TPSA) is 130 Å². The van der Waals surface area contributed by atoms with Crippen LogP contribution in [0.15, 0.2) is 102 Å². The van der Waals surface area contributed by atoms with Gasteiger partial charge in [0.15, 0.2) is 0 Å². The summed E-state index contributed by atoms with van der Waals surface area (Å²) in [6, 6.07) is 23.5. The zero-order valence-corrected chi connectivity index (χ0v) is 33.2. The lowest BCUT2D eigenvalue weighted by molar-refractivity contribution is 0.0990. The van der Waals surface area contributed by atoms with E-state index in [4.69, 9.17) is 9.47 Å². The standard InChI is InChI=1S/C43H47N5O7S/c1-30-12-16-34(17-13-30)56(52,53)48-21-20-35-36(10-8-11-38(35)48)42(50)44-37-18-15-32(28-40(37)54-5)43(51)46(4)39-19-14-31(2)27-41(39)55-26-7-6-9-33(29-49)47-24-22-45(3)23-25-47/h8,10-21,27-28H,6-7,9,22-26H2,1-5H3,(H,44,50). The number of carbonyl (C=O) groups is 2. The number of unbranched alkanes of at least 4 members (excludes halogenated alkanes) is 1. The average Bonchev–Trinajstić information content (AvgIpc) is 3.65. The summed E-state index contributed by atoms with van der Waals surface area (Å²) in [6.07, 6.45) is 3.57. The smallest absolute Gasteiger partial charge is 0.268 e. The van der Waals surface area contributed by atoms with E-state index < -0.39 is 15.9 Å². The Labute approximate surface area is 328 Å². The monoisotopic (exact) mass is 777 g/mol. The van der Waals surface area contributed by atoms with Crippen molar-refractivity contribution in [3.8, 4) is 11.5 Å². The number of rotatable bonds is 14. The molecular formula is C43H47N5O7S. The van der Waals surface area contributed by atoms with Crippen LogP contribution in [-0.4, -0.2) is 93.9 Å². The Bertz CT molecular complexity index is 2390. The Morgan fingerprint density at radius 1 is 0.875 bits per heavy atom. The van der Waals surface area contributed by atoms with Gasteiger partial charge in [-0.05, 0) is 106 Å². The quantitative estimate of drug-likeness (QED) is 0.0987. The van der Waals surface area contributed by atoms with E-state index in [1.807, 2.05) is 32.0 Å². The minimum Gasteiger partial charge on any atom is -0.495 e. The van der Waals surface area contributed by atoms with Gasteiger partial charge in [-0.2, -0.15) is 0 Å². The summed E-state index contributed by atoms with van der Waals surface area (Å²) in [7, 11) is 1.29. The zero-order chi connectivity index (χ0) is 40.0. The molecule has 1 aromatic heterocycles. The zero-order valence-electron chi connectivity index (χ0n) is 32.4. The summed E-state index contributed by atoms with van der Waals surface area (Å²) in [5, 5.41) is 3.32. The molecule has 2 amide bonds. The molecule has 0 saturated carbocycles. The van der Waals surface area contributed by atoms with E-state index in [0.717, 1.165) is 50.1 Å².